The molecule has 0 aliphatic carbocycles. The standard InChI is InChI=1S/C11H23N3O5S/c1-5-7-12-11(16)9(2)13-20(17,18)14(3)8-6-10(15)19-4/h9,13H,5-8H2,1-4H3,(H,12,16). The first-order valence-electron chi connectivity index (χ1n) is 6.32. The minimum absolute atomic E-state index is 0.0225. The lowest BCUT2D eigenvalue weighted by Crippen LogP contribution is -2.49. The molecule has 0 aromatic heterocycles. The van der Waals surface area contributed by atoms with Crippen LogP contribution in [-0.4, -0.2) is 57.9 Å². The Morgan fingerprint density at radius 1 is 1.35 bits per heavy atom. The number of carbonyl (C=O) groups is 2. The van der Waals surface area contributed by atoms with E-state index in [1.54, 1.807) is 0 Å². The van der Waals surface area contributed by atoms with E-state index in [9.17, 15) is 18.0 Å². The van der Waals surface area contributed by atoms with Gasteiger partial charge in [-0.1, -0.05) is 6.92 Å². The van der Waals surface area contributed by atoms with Gasteiger partial charge >= 0.3 is 5.97 Å². The molecule has 1 unspecified atom stereocenters. The molecule has 8 nitrogen and oxygen atoms in total. The second-order valence-corrected chi connectivity index (χ2v) is 6.09. The van der Waals surface area contributed by atoms with Gasteiger partial charge in [0.25, 0.3) is 10.2 Å². The van der Waals surface area contributed by atoms with E-state index in [0.717, 1.165) is 10.7 Å². The number of amides is 1. The van der Waals surface area contributed by atoms with Crippen molar-refractivity contribution >= 4 is 22.1 Å². The van der Waals surface area contributed by atoms with Gasteiger partial charge in [-0.3, -0.25) is 9.59 Å². The number of carbonyl (C=O) groups excluding carboxylic acids is 2. The van der Waals surface area contributed by atoms with Crippen LogP contribution in [0.2, 0.25) is 0 Å². The summed E-state index contributed by atoms with van der Waals surface area (Å²) in [6.45, 7) is 3.82. The van der Waals surface area contributed by atoms with Crippen LogP contribution in [0.4, 0.5) is 0 Å². The van der Waals surface area contributed by atoms with Crippen LogP contribution in [0.3, 0.4) is 0 Å². The van der Waals surface area contributed by atoms with E-state index >= 15 is 0 Å². The fourth-order valence-corrected chi connectivity index (χ4v) is 2.30. The third-order valence-corrected chi connectivity index (χ3v) is 4.19. The van der Waals surface area contributed by atoms with E-state index in [2.05, 4.69) is 14.8 Å². The molecule has 0 heterocycles. The largest absolute Gasteiger partial charge is 0.469 e. The molecular weight excluding hydrogens is 286 g/mol. The molecule has 9 heteroatoms. The highest BCUT2D eigenvalue weighted by atomic mass is 32.2. The van der Waals surface area contributed by atoms with Gasteiger partial charge in [-0.05, 0) is 13.3 Å². The van der Waals surface area contributed by atoms with Gasteiger partial charge in [0.1, 0.15) is 0 Å². The second kappa shape index (κ2) is 8.88. The quantitative estimate of drug-likeness (QED) is 0.544. The topological polar surface area (TPSA) is 105 Å². The van der Waals surface area contributed by atoms with Crippen molar-refractivity contribution in [2.45, 2.75) is 32.7 Å². The first-order chi connectivity index (χ1) is 9.24. The van der Waals surface area contributed by atoms with Crippen LogP contribution < -0.4 is 10.0 Å². The van der Waals surface area contributed by atoms with Crippen molar-refractivity contribution in [1.82, 2.24) is 14.3 Å². The lowest BCUT2D eigenvalue weighted by atomic mass is 10.3. The summed E-state index contributed by atoms with van der Waals surface area (Å²) in [6, 6.07) is -0.882. The summed E-state index contributed by atoms with van der Waals surface area (Å²) in [7, 11) is -1.27. The fourth-order valence-electron chi connectivity index (χ4n) is 1.24. The van der Waals surface area contributed by atoms with Crippen LogP contribution in [-0.2, 0) is 24.5 Å². The smallest absolute Gasteiger partial charge is 0.306 e. The second-order valence-electron chi connectivity index (χ2n) is 4.28. The summed E-state index contributed by atoms with van der Waals surface area (Å²) in [5.41, 5.74) is 0. The Balaban J connectivity index is 4.42. The first kappa shape index (κ1) is 18.8. The van der Waals surface area contributed by atoms with Gasteiger partial charge < -0.3 is 10.1 Å². The third-order valence-electron chi connectivity index (χ3n) is 2.54. The van der Waals surface area contributed by atoms with Gasteiger partial charge in [0.05, 0.1) is 19.6 Å². The summed E-state index contributed by atoms with van der Waals surface area (Å²) >= 11 is 0. The maximum Gasteiger partial charge on any atom is 0.306 e. The number of nitrogens with one attached hydrogen (secondary N) is 2. The van der Waals surface area contributed by atoms with Gasteiger partial charge in [-0.2, -0.15) is 17.4 Å². The summed E-state index contributed by atoms with van der Waals surface area (Å²) < 4.78 is 31.4. The SMILES string of the molecule is CCCNC(=O)C(C)NS(=O)(=O)N(C)CCC(=O)OC. The van der Waals surface area contributed by atoms with Gasteiger partial charge in [0.2, 0.25) is 5.91 Å². The zero-order chi connectivity index (χ0) is 15.8. The van der Waals surface area contributed by atoms with Crippen molar-refractivity contribution in [3.05, 3.63) is 0 Å². The Labute approximate surface area is 120 Å². The Bertz CT molecular complexity index is 424. The van der Waals surface area contributed by atoms with E-state index in [4.69, 9.17) is 0 Å². The molecule has 1 atom stereocenters. The maximum absolute atomic E-state index is 11.9. The minimum Gasteiger partial charge on any atom is -0.469 e. The number of esters is 1. The highest BCUT2D eigenvalue weighted by Gasteiger charge is 2.24. The van der Waals surface area contributed by atoms with Crippen molar-refractivity contribution in [1.29, 1.82) is 0 Å². The third kappa shape index (κ3) is 6.83. The van der Waals surface area contributed by atoms with Crippen molar-refractivity contribution in [3.8, 4) is 0 Å². The summed E-state index contributed by atoms with van der Waals surface area (Å²) in [4.78, 5) is 22.5. The molecule has 0 bridgehead atoms. The van der Waals surface area contributed by atoms with Crippen LogP contribution >= 0.6 is 0 Å². The van der Waals surface area contributed by atoms with Crippen molar-refractivity contribution in [2.24, 2.45) is 0 Å². The zero-order valence-corrected chi connectivity index (χ0v) is 13.1. The van der Waals surface area contributed by atoms with Crippen LogP contribution in [0.1, 0.15) is 26.7 Å². The highest BCUT2D eigenvalue weighted by Crippen LogP contribution is 1.99. The van der Waals surface area contributed by atoms with E-state index in [1.165, 1.54) is 21.1 Å². The molecular formula is C11H23N3O5S. The molecule has 0 aliphatic rings. The van der Waals surface area contributed by atoms with Crippen LogP contribution in [0.5, 0.6) is 0 Å². The van der Waals surface area contributed by atoms with E-state index in [1.807, 2.05) is 6.92 Å². The molecule has 0 spiro atoms. The molecule has 0 aromatic rings. The van der Waals surface area contributed by atoms with Gasteiger partial charge in [-0.25, -0.2) is 0 Å². The molecule has 1 amide bonds. The molecule has 0 aromatic carbocycles. The molecule has 0 saturated heterocycles. The maximum atomic E-state index is 11.9. The number of nitrogens with zero attached hydrogens (tertiary/aromatic N) is 1. The number of methoxy groups -OCH3 is 1. The predicted molar refractivity (Wildman–Crippen MR) is 74.1 cm³/mol. The molecule has 20 heavy (non-hydrogen) atoms. The van der Waals surface area contributed by atoms with Crippen LogP contribution in [0, 0.1) is 0 Å². The molecule has 0 radical (unpaired) electrons. The summed E-state index contributed by atoms with van der Waals surface area (Å²) in [5.74, 6) is -0.891. The molecule has 0 saturated carbocycles. The van der Waals surface area contributed by atoms with Gasteiger partial charge in [-0.15, -0.1) is 0 Å². The van der Waals surface area contributed by atoms with E-state index < -0.39 is 28.1 Å². The first-order valence-corrected chi connectivity index (χ1v) is 7.76. The Kier molecular flexibility index (Phi) is 8.35. The summed E-state index contributed by atoms with van der Waals surface area (Å²) in [6.07, 6.45) is 0.717. The summed E-state index contributed by atoms with van der Waals surface area (Å²) in [5, 5.41) is 2.59. The van der Waals surface area contributed by atoms with Crippen molar-refractivity contribution < 1.29 is 22.7 Å². The minimum atomic E-state index is -3.82. The Morgan fingerprint density at radius 3 is 2.45 bits per heavy atom. The van der Waals surface area contributed by atoms with Gasteiger partial charge in [0, 0.05) is 20.1 Å². The number of hydrogen-bond acceptors (Lipinski definition) is 5. The van der Waals surface area contributed by atoms with Crippen molar-refractivity contribution in [2.75, 3.05) is 27.2 Å². The lowest BCUT2D eigenvalue weighted by molar-refractivity contribution is -0.140. The highest BCUT2D eigenvalue weighted by molar-refractivity contribution is 7.87. The molecule has 118 valence electrons. The van der Waals surface area contributed by atoms with E-state index in [0.29, 0.717) is 6.54 Å². The lowest BCUT2D eigenvalue weighted by Gasteiger charge is -2.20. The molecule has 0 rings (SSSR count). The predicted octanol–water partition coefficient (Wildman–Crippen LogP) is -0.770. The van der Waals surface area contributed by atoms with Crippen LogP contribution in [0.15, 0.2) is 0 Å². The number of hydrogen-bond donors (Lipinski definition) is 2. The molecule has 0 fully saturated rings. The van der Waals surface area contributed by atoms with Crippen LogP contribution in [0.25, 0.3) is 0 Å². The van der Waals surface area contributed by atoms with Crippen molar-refractivity contribution in [3.63, 3.8) is 0 Å². The monoisotopic (exact) mass is 309 g/mol. The molecule has 0 aliphatic heterocycles. The number of ether oxygens (including phenoxy) is 1. The Morgan fingerprint density at radius 2 is 1.95 bits per heavy atom. The normalized spacial score (nSPS) is 13.1. The average Bonchev–Trinajstić information content (AvgIpc) is 2.40. The Hall–Kier alpha value is -1.19. The van der Waals surface area contributed by atoms with E-state index in [-0.39, 0.29) is 13.0 Å². The average molecular weight is 309 g/mol. The van der Waals surface area contributed by atoms with Gasteiger partial charge in [0.15, 0.2) is 0 Å². The zero-order valence-electron chi connectivity index (χ0n) is 12.3. The molecule has 2 N–H and O–H groups in total. The fraction of sp³-hybridized carbons (Fsp3) is 0.818. The number of rotatable bonds is 9.